The largest absolute Gasteiger partial charge is 0.357 e. The lowest BCUT2D eigenvalue weighted by atomic mass is 9.67. The van der Waals surface area contributed by atoms with Crippen molar-refractivity contribution in [1.82, 2.24) is 16.0 Å². The first-order valence-corrected chi connectivity index (χ1v) is 7.44. The molecule has 1 saturated carbocycles. The number of amides is 1. The monoisotopic (exact) mass is 268 g/mol. The summed E-state index contributed by atoms with van der Waals surface area (Å²) in [6.07, 6.45) is 5.14. The Hall–Kier alpha value is -1.26. The number of carbonyl (C=O) groups excluding carboxylic acids is 1. The molecule has 0 aromatic heterocycles. The van der Waals surface area contributed by atoms with Gasteiger partial charge in [0.25, 0.3) is 0 Å². The number of guanidine groups is 1. The van der Waals surface area contributed by atoms with Gasteiger partial charge in [0.15, 0.2) is 5.96 Å². The van der Waals surface area contributed by atoms with Crippen LogP contribution in [-0.2, 0) is 4.79 Å². The Bertz CT molecular complexity index is 305. The predicted molar refractivity (Wildman–Crippen MR) is 79.2 cm³/mol. The number of nitrogens with zero attached hydrogens (tertiary/aromatic N) is 1. The Labute approximate surface area is 116 Å². The zero-order chi connectivity index (χ0) is 14.1. The lowest BCUT2D eigenvalue weighted by Crippen LogP contribution is -2.46. The average molecular weight is 268 g/mol. The Kier molecular flexibility index (Phi) is 6.67. The number of likely N-dealkylation sites (N-methyl/N-ethyl adjacent to an activating group) is 1. The summed E-state index contributed by atoms with van der Waals surface area (Å²) in [5.74, 6) is 0.710. The Balaban J connectivity index is 2.42. The zero-order valence-electron chi connectivity index (χ0n) is 12.5. The van der Waals surface area contributed by atoms with Crippen LogP contribution in [0.15, 0.2) is 4.99 Å². The summed E-state index contributed by atoms with van der Waals surface area (Å²) in [5.41, 5.74) is 0.446. The van der Waals surface area contributed by atoms with Gasteiger partial charge >= 0.3 is 0 Å². The number of hydrogen-bond acceptors (Lipinski definition) is 2. The highest BCUT2D eigenvalue weighted by Gasteiger charge is 2.34. The molecule has 1 aliphatic rings. The van der Waals surface area contributed by atoms with Crippen molar-refractivity contribution in [2.45, 2.75) is 46.5 Å². The first-order valence-electron chi connectivity index (χ1n) is 7.44. The van der Waals surface area contributed by atoms with Crippen LogP contribution in [0.25, 0.3) is 0 Å². The highest BCUT2D eigenvalue weighted by molar-refractivity contribution is 5.84. The quantitative estimate of drug-likeness (QED) is 0.481. The van der Waals surface area contributed by atoms with Gasteiger partial charge in [-0.15, -0.1) is 0 Å². The fraction of sp³-hybridized carbons (Fsp3) is 0.857. The van der Waals surface area contributed by atoms with E-state index in [1.165, 1.54) is 25.7 Å². The van der Waals surface area contributed by atoms with Crippen molar-refractivity contribution in [3.63, 3.8) is 0 Å². The molecule has 0 aromatic carbocycles. The lowest BCUT2D eigenvalue weighted by Gasteiger charge is -2.41. The fourth-order valence-corrected chi connectivity index (χ4v) is 2.35. The van der Waals surface area contributed by atoms with E-state index in [1.807, 2.05) is 13.8 Å². The smallest absolute Gasteiger partial charge is 0.241 e. The molecule has 1 fully saturated rings. The topological polar surface area (TPSA) is 65.5 Å². The van der Waals surface area contributed by atoms with Crippen molar-refractivity contribution in [2.75, 3.05) is 26.2 Å². The number of aliphatic imine (C=N–C) groups is 1. The standard InChI is InChI=1S/C14H28N4O/c1-4-14(8-7-9-14)11-18-13(16-6-3)17-10-12(19)15-5-2/h4-11H2,1-3H3,(H,15,19)(H2,16,17,18). The minimum Gasteiger partial charge on any atom is -0.357 e. The van der Waals surface area contributed by atoms with Gasteiger partial charge in [-0.05, 0) is 38.5 Å². The fourth-order valence-electron chi connectivity index (χ4n) is 2.35. The second kappa shape index (κ2) is 8.02. The van der Waals surface area contributed by atoms with Crippen LogP contribution in [0.4, 0.5) is 0 Å². The van der Waals surface area contributed by atoms with Crippen molar-refractivity contribution in [3.8, 4) is 0 Å². The molecule has 3 N–H and O–H groups in total. The number of rotatable bonds is 7. The Morgan fingerprint density at radius 3 is 2.26 bits per heavy atom. The summed E-state index contributed by atoms with van der Waals surface area (Å²) in [6.45, 7) is 8.78. The molecule has 0 heterocycles. The van der Waals surface area contributed by atoms with Crippen LogP contribution in [0, 0.1) is 5.41 Å². The van der Waals surface area contributed by atoms with Crippen molar-refractivity contribution in [3.05, 3.63) is 0 Å². The first-order chi connectivity index (χ1) is 9.15. The minimum absolute atomic E-state index is 0.0337. The summed E-state index contributed by atoms with van der Waals surface area (Å²) >= 11 is 0. The van der Waals surface area contributed by atoms with Gasteiger partial charge < -0.3 is 16.0 Å². The highest BCUT2D eigenvalue weighted by Crippen LogP contribution is 2.42. The van der Waals surface area contributed by atoms with E-state index < -0.39 is 0 Å². The summed E-state index contributed by atoms with van der Waals surface area (Å²) in [4.78, 5) is 15.7. The lowest BCUT2D eigenvalue weighted by molar-refractivity contribution is -0.119. The number of carbonyl (C=O) groups is 1. The molecule has 1 rings (SSSR count). The molecule has 0 bridgehead atoms. The predicted octanol–water partition coefficient (Wildman–Crippen LogP) is 1.26. The van der Waals surface area contributed by atoms with Crippen molar-refractivity contribution in [1.29, 1.82) is 0 Å². The van der Waals surface area contributed by atoms with Crippen LogP contribution in [0.3, 0.4) is 0 Å². The molecular formula is C14H28N4O. The molecule has 0 radical (unpaired) electrons. The Morgan fingerprint density at radius 2 is 1.79 bits per heavy atom. The second-order valence-electron chi connectivity index (χ2n) is 5.21. The second-order valence-corrected chi connectivity index (χ2v) is 5.21. The molecule has 5 nitrogen and oxygen atoms in total. The molecule has 0 aliphatic heterocycles. The SMILES string of the molecule is CCNC(=O)CN=C(NCC)NCC1(CC)CCC1. The van der Waals surface area contributed by atoms with E-state index in [0.717, 1.165) is 19.0 Å². The van der Waals surface area contributed by atoms with Crippen LogP contribution in [0.1, 0.15) is 46.5 Å². The molecule has 1 amide bonds. The molecule has 0 spiro atoms. The average Bonchev–Trinajstić information content (AvgIpc) is 2.35. The third-order valence-electron chi connectivity index (χ3n) is 3.89. The van der Waals surface area contributed by atoms with E-state index in [-0.39, 0.29) is 12.5 Å². The van der Waals surface area contributed by atoms with Gasteiger partial charge in [0.2, 0.25) is 5.91 Å². The van der Waals surface area contributed by atoms with Crippen molar-refractivity contribution in [2.24, 2.45) is 10.4 Å². The molecule has 0 unspecified atom stereocenters. The molecule has 19 heavy (non-hydrogen) atoms. The summed E-state index contributed by atoms with van der Waals surface area (Å²) in [6, 6.07) is 0. The summed E-state index contributed by atoms with van der Waals surface area (Å²) in [7, 11) is 0. The van der Waals surface area contributed by atoms with Crippen LogP contribution < -0.4 is 16.0 Å². The van der Waals surface area contributed by atoms with Crippen molar-refractivity contribution < 1.29 is 4.79 Å². The number of nitrogens with one attached hydrogen (secondary N) is 3. The van der Waals surface area contributed by atoms with Gasteiger partial charge in [-0.1, -0.05) is 13.3 Å². The first kappa shape index (κ1) is 15.8. The van der Waals surface area contributed by atoms with Crippen LogP contribution >= 0.6 is 0 Å². The third kappa shape index (κ3) is 5.09. The molecule has 5 heteroatoms. The van der Waals surface area contributed by atoms with E-state index in [9.17, 15) is 4.79 Å². The zero-order valence-corrected chi connectivity index (χ0v) is 12.5. The molecule has 0 saturated heterocycles. The molecule has 110 valence electrons. The minimum atomic E-state index is -0.0337. The van der Waals surface area contributed by atoms with Gasteiger partial charge in [-0.2, -0.15) is 0 Å². The molecule has 0 atom stereocenters. The normalized spacial score (nSPS) is 17.5. The molecule has 0 aromatic rings. The summed E-state index contributed by atoms with van der Waals surface area (Å²) in [5, 5.41) is 9.30. The van der Waals surface area contributed by atoms with Crippen LogP contribution in [-0.4, -0.2) is 38.0 Å². The van der Waals surface area contributed by atoms with Gasteiger partial charge in [0.05, 0.1) is 0 Å². The summed E-state index contributed by atoms with van der Waals surface area (Å²) < 4.78 is 0. The van der Waals surface area contributed by atoms with E-state index in [1.54, 1.807) is 0 Å². The highest BCUT2D eigenvalue weighted by atomic mass is 16.1. The van der Waals surface area contributed by atoms with Gasteiger partial charge in [-0.3, -0.25) is 4.79 Å². The Morgan fingerprint density at radius 1 is 1.11 bits per heavy atom. The van der Waals surface area contributed by atoms with Gasteiger partial charge in [-0.25, -0.2) is 4.99 Å². The molecular weight excluding hydrogens is 240 g/mol. The van der Waals surface area contributed by atoms with E-state index in [4.69, 9.17) is 0 Å². The van der Waals surface area contributed by atoms with E-state index >= 15 is 0 Å². The number of hydrogen-bond donors (Lipinski definition) is 3. The van der Waals surface area contributed by atoms with E-state index in [2.05, 4.69) is 27.9 Å². The van der Waals surface area contributed by atoms with Crippen LogP contribution in [0.2, 0.25) is 0 Å². The van der Waals surface area contributed by atoms with E-state index in [0.29, 0.717) is 12.0 Å². The van der Waals surface area contributed by atoms with Crippen molar-refractivity contribution >= 4 is 11.9 Å². The van der Waals surface area contributed by atoms with Gasteiger partial charge in [0, 0.05) is 19.6 Å². The maximum absolute atomic E-state index is 11.4. The van der Waals surface area contributed by atoms with Gasteiger partial charge in [0.1, 0.15) is 6.54 Å². The maximum atomic E-state index is 11.4. The molecule has 1 aliphatic carbocycles. The third-order valence-corrected chi connectivity index (χ3v) is 3.89. The van der Waals surface area contributed by atoms with Crippen LogP contribution in [0.5, 0.6) is 0 Å². The maximum Gasteiger partial charge on any atom is 0.241 e.